The topological polar surface area (TPSA) is 97.4 Å². The van der Waals surface area contributed by atoms with Gasteiger partial charge in [-0.1, -0.05) is 6.07 Å². The van der Waals surface area contributed by atoms with Gasteiger partial charge in [-0.3, -0.25) is 9.59 Å². The number of nitrogens with one attached hydrogen (secondary N) is 2. The summed E-state index contributed by atoms with van der Waals surface area (Å²) in [7, 11) is 0. The Bertz CT molecular complexity index is 634. The maximum Gasteiger partial charge on any atom is 0.291 e. The lowest BCUT2D eigenvalue weighted by atomic mass is 10.2. The highest BCUT2D eigenvalue weighted by atomic mass is 16.4. The number of amides is 2. The number of benzene rings is 1. The van der Waals surface area contributed by atoms with Crippen LogP contribution in [0.25, 0.3) is 0 Å². The number of furan rings is 1. The molecule has 0 aliphatic heterocycles. The van der Waals surface area contributed by atoms with E-state index in [4.69, 9.17) is 10.2 Å². The molecule has 0 radical (unpaired) electrons. The monoisotopic (exact) mass is 273 g/mol. The summed E-state index contributed by atoms with van der Waals surface area (Å²) in [6, 6.07) is 10.1. The highest BCUT2D eigenvalue weighted by molar-refractivity contribution is 6.02. The summed E-state index contributed by atoms with van der Waals surface area (Å²) in [6.45, 7) is 1.66. The zero-order valence-electron chi connectivity index (χ0n) is 11.0. The zero-order valence-corrected chi connectivity index (χ0v) is 11.0. The van der Waals surface area contributed by atoms with Gasteiger partial charge in [0.15, 0.2) is 5.76 Å². The van der Waals surface area contributed by atoms with Crippen molar-refractivity contribution in [2.75, 3.05) is 10.6 Å². The van der Waals surface area contributed by atoms with Gasteiger partial charge in [0, 0.05) is 18.3 Å². The molecule has 0 aliphatic rings. The van der Waals surface area contributed by atoms with E-state index in [1.165, 1.54) is 6.92 Å². The Morgan fingerprint density at radius 1 is 1.15 bits per heavy atom. The van der Waals surface area contributed by atoms with E-state index < -0.39 is 0 Å². The largest absolute Gasteiger partial charge is 0.455 e. The third-order valence-electron chi connectivity index (χ3n) is 2.53. The fourth-order valence-electron chi connectivity index (χ4n) is 1.68. The first-order valence-electron chi connectivity index (χ1n) is 6.06. The molecule has 0 bridgehead atoms. The van der Waals surface area contributed by atoms with E-state index in [0.717, 1.165) is 0 Å². The normalized spacial score (nSPS) is 10.1. The van der Waals surface area contributed by atoms with Crippen LogP contribution < -0.4 is 16.4 Å². The van der Waals surface area contributed by atoms with Gasteiger partial charge in [0.25, 0.3) is 5.91 Å². The molecular formula is C14H15N3O3. The molecule has 20 heavy (non-hydrogen) atoms. The molecule has 1 aromatic carbocycles. The van der Waals surface area contributed by atoms with Gasteiger partial charge in [0.2, 0.25) is 5.91 Å². The van der Waals surface area contributed by atoms with Gasteiger partial charge in [-0.05, 0) is 30.3 Å². The Morgan fingerprint density at radius 3 is 2.45 bits per heavy atom. The highest BCUT2D eigenvalue weighted by Crippen LogP contribution is 2.16. The second-order valence-corrected chi connectivity index (χ2v) is 4.19. The summed E-state index contributed by atoms with van der Waals surface area (Å²) in [5.74, 6) is 0.189. The van der Waals surface area contributed by atoms with E-state index in [-0.39, 0.29) is 24.1 Å². The van der Waals surface area contributed by atoms with Crippen LogP contribution >= 0.6 is 0 Å². The number of rotatable bonds is 4. The van der Waals surface area contributed by atoms with Crippen molar-refractivity contribution >= 4 is 23.2 Å². The van der Waals surface area contributed by atoms with Gasteiger partial charge >= 0.3 is 0 Å². The minimum absolute atomic E-state index is 0.174. The van der Waals surface area contributed by atoms with Crippen LogP contribution in [0.5, 0.6) is 0 Å². The molecule has 0 saturated heterocycles. The summed E-state index contributed by atoms with van der Waals surface area (Å²) >= 11 is 0. The number of hydrogen-bond acceptors (Lipinski definition) is 4. The SMILES string of the molecule is CC(=O)Nc1cccc(NC(=O)c2ccc(CN)o2)c1. The second kappa shape index (κ2) is 6.03. The maximum absolute atomic E-state index is 11.9. The first-order chi connectivity index (χ1) is 9.58. The molecule has 2 aromatic rings. The second-order valence-electron chi connectivity index (χ2n) is 4.19. The third kappa shape index (κ3) is 3.46. The molecule has 6 heteroatoms. The number of nitrogens with two attached hydrogens (primary N) is 1. The lowest BCUT2D eigenvalue weighted by Crippen LogP contribution is -2.12. The average molecular weight is 273 g/mol. The predicted octanol–water partition coefficient (Wildman–Crippen LogP) is 1.95. The van der Waals surface area contributed by atoms with Crippen molar-refractivity contribution in [3.63, 3.8) is 0 Å². The Balaban J connectivity index is 2.09. The highest BCUT2D eigenvalue weighted by Gasteiger charge is 2.11. The Hall–Kier alpha value is -2.60. The number of anilines is 2. The smallest absolute Gasteiger partial charge is 0.291 e. The van der Waals surface area contributed by atoms with Crippen molar-refractivity contribution < 1.29 is 14.0 Å². The summed E-state index contributed by atoms with van der Waals surface area (Å²) in [6.07, 6.45) is 0. The fraction of sp³-hybridized carbons (Fsp3) is 0.143. The van der Waals surface area contributed by atoms with Gasteiger partial charge in [0.05, 0.1) is 6.54 Å². The first-order valence-corrected chi connectivity index (χ1v) is 6.06. The van der Waals surface area contributed by atoms with Crippen LogP contribution in [0.1, 0.15) is 23.2 Å². The standard InChI is InChI=1S/C14H15N3O3/c1-9(18)16-10-3-2-4-11(7-10)17-14(19)13-6-5-12(8-15)20-13/h2-7H,8,15H2,1H3,(H,16,18)(H,17,19). The van der Waals surface area contributed by atoms with E-state index in [1.54, 1.807) is 36.4 Å². The quantitative estimate of drug-likeness (QED) is 0.793. The van der Waals surface area contributed by atoms with E-state index in [0.29, 0.717) is 17.1 Å². The van der Waals surface area contributed by atoms with Crippen LogP contribution in [-0.2, 0) is 11.3 Å². The molecule has 1 aromatic heterocycles. The molecule has 0 saturated carbocycles. The van der Waals surface area contributed by atoms with Gasteiger partial charge in [-0.25, -0.2) is 0 Å². The molecule has 2 amide bonds. The van der Waals surface area contributed by atoms with Crippen molar-refractivity contribution in [3.8, 4) is 0 Å². The Morgan fingerprint density at radius 2 is 1.85 bits per heavy atom. The molecule has 0 spiro atoms. The van der Waals surface area contributed by atoms with Gasteiger partial charge in [-0.2, -0.15) is 0 Å². The van der Waals surface area contributed by atoms with Crippen LogP contribution in [0.15, 0.2) is 40.8 Å². The van der Waals surface area contributed by atoms with E-state index >= 15 is 0 Å². The van der Waals surface area contributed by atoms with E-state index in [1.807, 2.05) is 0 Å². The minimum atomic E-state index is -0.371. The molecular weight excluding hydrogens is 258 g/mol. The van der Waals surface area contributed by atoms with Crippen LogP contribution in [0.4, 0.5) is 11.4 Å². The van der Waals surface area contributed by atoms with Gasteiger partial charge in [-0.15, -0.1) is 0 Å². The van der Waals surface area contributed by atoms with Crippen LogP contribution in [-0.4, -0.2) is 11.8 Å². The van der Waals surface area contributed by atoms with Crippen molar-refractivity contribution in [3.05, 3.63) is 47.9 Å². The lowest BCUT2D eigenvalue weighted by Gasteiger charge is -2.06. The third-order valence-corrected chi connectivity index (χ3v) is 2.53. The van der Waals surface area contributed by atoms with E-state index in [9.17, 15) is 9.59 Å². The van der Waals surface area contributed by atoms with E-state index in [2.05, 4.69) is 10.6 Å². The summed E-state index contributed by atoms with van der Waals surface area (Å²) in [5, 5.41) is 5.33. The predicted molar refractivity (Wildman–Crippen MR) is 75.3 cm³/mol. The molecule has 0 atom stereocenters. The summed E-state index contributed by atoms with van der Waals surface area (Å²) in [5.41, 5.74) is 6.59. The molecule has 6 nitrogen and oxygen atoms in total. The molecule has 0 fully saturated rings. The molecule has 0 unspecified atom stereocenters. The molecule has 0 aliphatic carbocycles. The first kappa shape index (κ1) is 13.8. The number of carbonyl (C=O) groups is 2. The molecule has 2 rings (SSSR count). The van der Waals surface area contributed by atoms with Crippen LogP contribution in [0.3, 0.4) is 0 Å². The van der Waals surface area contributed by atoms with Crippen LogP contribution in [0.2, 0.25) is 0 Å². The van der Waals surface area contributed by atoms with Crippen molar-refractivity contribution in [2.24, 2.45) is 5.73 Å². The summed E-state index contributed by atoms with van der Waals surface area (Å²) < 4.78 is 5.25. The number of hydrogen-bond donors (Lipinski definition) is 3. The van der Waals surface area contributed by atoms with Gasteiger partial charge in [0.1, 0.15) is 5.76 Å². The maximum atomic E-state index is 11.9. The Labute approximate surface area is 116 Å². The minimum Gasteiger partial charge on any atom is -0.455 e. The van der Waals surface area contributed by atoms with Crippen molar-refractivity contribution in [1.29, 1.82) is 0 Å². The van der Waals surface area contributed by atoms with Crippen molar-refractivity contribution in [2.45, 2.75) is 13.5 Å². The van der Waals surface area contributed by atoms with Crippen LogP contribution in [0, 0.1) is 0 Å². The molecule has 104 valence electrons. The molecule has 1 heterocycles. The number of carbonyl (C=O) groups excluding carboxylic acids is 2. The average Bonchev–Trinajstić information content (AvgIpc) is 2.87. The van der Waals surface area contributed by atoms with Gasteiger partial charge < -0.3 is 20.8 Å². The zero-order chi connectivity index (χ0) is 14.5. The molecule has 4 N–H and O–H groups in total. The fourth-order valence-corrected chi connectivity index (χ4v) is 1.68. The lowest BCUT2D eigenvalue weighted by molar-refractivity contribution is -0.114. The Kier molecular flexibility index (Phi) is 4.17. The van der Waals surface area contributed by atoms with Crippen molar-refractivity contribution in [1.82, 2.24) is 0 Å². The summed E-state index contributed by atoms with van der Waals surface area (Å²) in [4.78, 5) is 22.9.